The molecule has 2 aliphatic carbocycles. The fraction of sp³-hybridized carbons (Fsp3) is 0.423. The van der Waals surface area contributed by atoms with Gasteiger partial charge in [-0.1, -0.05) is 55.5 Å². The Labute approximate surface area is 193 Å². The molecule has 0 heterocycles. The fourth-order valence-electron chi connectivity index (χ4n) is 4.84. The van der Waals surface area contributed by atoms with Gasteiger partial charge in [0, 0.05) is 25.6 Å². The van der Waals surface area contributed by atoms with Gasteiger partial charge in [0.1, 0.15) is 6.61 Å². The van der Waals surface area contributed by atoms with Crippen molar-refractivity contribution in [1.29, 1.82) is 0 Å². The van der Waals surface area contributed by atoms with Crippen molar-refractivity contribution >= 4 is 18.0 Å². The average molecular weight is 451 g/mol. The van der Waals surface area contributed by atoms with E-state index in [1.54, 1.807) is 11.9 Å². The maximum Gasteiger partial charge on any atom is 0.407 e. The number of nitrogens with one attached hydrogen (secondary N) is 1. The molecule has 2 N–H and O–H groups in total. The van der Waals surface area contributed by atoms with E-state index in [1.165, 1.54) is 11.1 Å². The van der Waals surface area contributed by atoms with Crippen LogP contribution in [0.15, 0.2) is 48.5 Å². The highest BCUT2D eigenvalue weighted by Gasteiger charge is 2.39. The van der Waals surface area contributed by atoms with Gasteiger partial charge in [-0.2, -0.15) is 0 Å². The lowest BCUT2D eigenvalue weighted by atomic mass is 9.79. The zero-order valence-corrected chi connectivity index (χ0v) is 19.0. The summed E-state index contributed by atoms with van der Waals surface area (Å²) in [6.07, 6.45) is 0.990. The number of hydrogen-bond donors (Lipinski definition) is 2. The molecule has 0 radical (unpaired) electrons. The molecule has 0 aliphatic heterocycles. The molecule has 2 aromatic carbocycles. The van der Waals surface area contributed by atoms with E-state index in [9.17, 15) is 14.4 Å². The Bertz CT molecular complexity index is 1000. The van der Waals surface area contributed by atoms with Crippen molar-refractivity contribution in [3.8, 4) is 11.1 Å². The number of hydrogen-bond acceptors (Lipinski definition) is 4. The molecule has 1 fully saturated rings. The number of carboxylic acid groups (broad SMARTS) is 1. The van der Waals surface area contributed by atoms with Gasteiger partial charge in [-0.25, -0.2) is 4.79 Å². The van der Waals surface area contributed by atoms with Crippen LogP contribution in [0, 0.1) is 11.8 Å². The van der Waals surface area contributed by atoms with Crippen LogP contribution in [0.3, 0.4) is 0 Å². The third-order valence-electron chi connectivity index (χ3n) is 7.04. The number of alkyl carbamates (subject to hydrolysis) is 1. The van der Waals surface area contributed by atoms with Crippen LogP contribution in [-0.4, -0.2) is 54.2 Å². The highest BCUT2D eigenvalue weighted by molar-refractivity contribution is 5.81. The van der Waals surface area contributed by atoms with Crippen molar-refractivity contribution in [1.82, 2.24) is 10.2 Å². The predicted octanol–water partition coefficient (Wildman–Crippen LogP) is 3.87. The monoisotopic (exact) mass is 450 g/mol. The van der Waals surface area contributed by atoms with E-state index in [2.05, 4.69) is 29.6 Å². The van der Waals surface area contributed by atoms with E-state index in [1.807, 2.05) is 31.2 Å². The van der Waals surface area contributed by atoms with E-state index in [-0.39, 0.29) is 42.9 Å². The van der Waals surface area contributed by atoms with Gasteiger partial charge in [-0.3, -0.25) is 9.59 Å². The molecule has 2 amide bonds. The summed E-state index contributed by atoms with van der Waals surface area (Å²) in [5, 5.41) is 11.8. The van der Waals surface area contributed by atoms with Crippen LogP contribution in [0.5, 0.6) is 0 Å². The number of carboxylic acids is 1. The molecule has 7 nitrogen and oxygen atoms in total. The largest absolute Gasteiger partial charge is 0.481 e. The number of amides is 2. The minimum Gasteiger partial charge on any atom is -0.481 e. The first-order valence-electron chi connectivity index (χ1n) is 11.5. The summed E-state index contributed by atoms with van der Waals surface area (Å²) < 4.78 is 5.55. The fourth-order valence-corrected chi connectivity index (χ4v) is 4.84. The first-order chi connectivity index (χ1) is 15.9. The lowest BCUT2D eigenvalue weighted by Gasteiger charge is -2.40. The first-order valence-corrected chi connectivity index (χ1v) is 11.5. The predicted molar refractivity (Wildman–Crippen MR) is 124 cm³/mol. The summed E-state index contributed by atoms with van der Waals surface area (Å²) in [5.74, 6) is -1.65. The number of nitrogens with zero attached hydrogens (tertiary/aromatic N) is 1. The van der Waals surface area contributed by atoms with Gasteiger partial charge in [0.25, 0.3) is 0 Å². The molecule has 1 atom stereocenters. The van der Waals surface area contributed by atoms with Crippen LogP contribution in [0.1, 0.15) is 43.2 Å². The van der Waals surface area contributed by atoms with E-state index in [4.69, 9.17) is 9.84 Å². The molecule has 4 rings (SSSR count). The van der Waals surface area contributed by atoms with Crippen molar-refractivity contribution in [2.45, 2.75) is 38.1 Å². The van der Waals surface area contributed by atoms with Gasteiger partial charge in [0.05, 0.1) is 11.8 Å². The number of carbonyl (C=O) groups excluding carboxylic acids is 2. The Hall–Kier alpha value is -3.35. The molecular weight excluding hydrogens is 420 g/mol. The zero-order valence-electron chi connectivity index (χ0n) is 19.0. The van der Waals surface area contributed by atoms with Crippen molar-refractivity contribution in [3.05, 3.63) is 59.7 Å². The number of rotatable bonds is 8. The van der Waals surface area contributed by atoms with Crippen LogP contribution in [0.25, 0.3) is 11.1 Å². The minimum atomic E-state index is -0.809. The second kappa shape index (κ2) is 9.65. The summed E-state index contributed by atoms with van der Waals surface area (Å²) >= 11 is 0. The molecule has 33 heavy (non-hydrogen) atoms. The number of carbonyl (C=O) groups is 3. The molecule has 1 unspecified atom stereocenters. The van der Waals surface area contributed by atoms with Gasteiger partial charge >= 0.3 is 12.1 Å². The number of fused-ring (bicyclic) bond motifs is 3. The average Bonchev–Trinajstić information content (AvgIpc) is 3.10. The van der Waals surface area contributed by atoms with Gasteiger partial charge < -0.3 is 20.1 Å². The van der Waals surface area contributed by atoms with E-state index < -0.39 is 12.1 Å². The summed E-state index contributed by atoms with van der Waals surface area (Å²) in [5.41, 5.74) is 4.63. The van der Waals surface area contributed by atoms with Crippen LogP contribution in [-0.2, 0) is 14.3 Å². The third-order valence-corrected chi connectivity index (χ3v) is 7.04. The molecule has 0 saturated heterocycles. The number of ether oxygens (including phenoxy) is 1. The highest BCUT2D eigenvalue weighted by atomic mass is 16.5. The summed E-state index contributed by atoms with van der Waals surface area (Å²) in [4.78, 5) is 37.9. The van der Waals surface area contributed by atoms with Crippen LogP contribution in [0.4, 0.5) is 4.79 Å². The van der Waals surface area contributed by atoms with Crippen molar-refractivity contribution in [2.24, 2.45) is 11.8 Å². The van der Waals surface area contributed by atoms with E-state index >= 15 is 0 Å². The molecule has 7 heteroatoms. The Morgan fingerprint density at radius 3 is 2.18 bits per heavy atom. The molecule has 2 aliphatic rings. The summed E-state index contributed by atoms with van der Waals surface area (Å²) in [6, 6.07) is 16.3. The number of aliphatic carboxylic acids is 1. The second-order valence-electron chi connectivity index (χ2n) is 8.92. The Kier molecular flexibility index (Phi) is 6.67. The van der Waals surface area contributed by atoms with E-state index in [0.717, 1.165) is 11.1 Å². The summed E-state index contributed by atoms with van der Waals surface area (Å²) in [6.45, 7) is 2.31. The van der Waals surface area contributed by atoms with Crippen molar-refractivity contribution in [3.63, 3.8) is 0 Å². The van der Waals surface area contributed by atoms with Gasteiger partial charge in [0.15, 0.2) is 0 Å². The Morgan fingerprint density at radius 2 is 1.64 bits per heavy atom. The molecule has 174 valence electrons. The lowest BCUT2D eigenvalue weighted by molar-refractivity contribution is -0.151. The van der Waals surface area contributed by atoms with Crippen molar-refractivity contribution in [2.75, 3.05) is 20.2 Å². The minimum absolute atomic E-state index is 0.0151. The topological polar surface area (TPSA) is 95.9 Å². The van der Waals surface area contributed by atoms with Crippen LogP contribution >= 0.6 is 0 Å². The standard InChI is InChI=1S/C26H30N2O5/c1-3-16(24(29)28(2)18-12-17(13-18)25(30)31)14-27-26(32)33-15-23-21-10-6-4-8-19(21)20-9-5-7-11-22(20)23/h4-11,16-18,23H,3,12-15H2,1-2H3,(H,27,32)(H,30,31). The van der Waals surface area contributed by atoms with Gasteiger partial charge in [-0.15, -0.1) is 0 Å². The van der Waals surface area contributed by atoms with Crippen LogP contribution < -0.4 is 5.32 Å². The Morgan fingerprint density at radius 1 is 1.06 bits per heavy atom. The summed E-state index contributed by atoms with van der Waals surface area (Å²) in [7, 11) is 1.71. The number of benzene rings is 2. The lowest BCUT2D eigenvalue weighted by Crippen LogP contribution is -2.50. The Balaban J connectivity index is 1.29. The molecule has 1 saturated carbocycles. The maximum absolute atomic E-state index is 12.8. The third kappa shape index (κ3) is 4.58. The van der Waals surface area contributed by atoms with Gasteiger partial charge in [0.2, 0.25) is 5.91 Å². The second-order valence-corrected chi connectivity index (χ2v) is 8.92. The molecule has 2 aromatic rings. The highest BCUT2D eigenvalue weighted by Crippen LogP contribution is 2.44. The van der Waals surface area contributed by atoms with Crippen LogP contribution in [0.2, 0.25) is 0 Å². The molecule has 0 spiro atoms. The van der Waals surface area contributed by atoms with Gasteiger partial charge in [-0.05, 0) is 41.5 Å². The molecular formula is C26H30N2O5. The smallest absolute Gasteiger partial charge is 0.407 e. The van der Waals surface area contributed by atoms with E-state index in [0.29, 0.717) is 19.3 Å². The molecule has 0 bridgehead atoms. The SMILES string of the molecule is CCC(CNC(=O)OCC1c2ccccc2-c2ccccc21)C(=O)N(C)C1CC(C(=O)O)C1. The quantitative estimate of drug-likeness (QED) is 0.637. The van der Waals surface area contributed by atoms with Crippen molar-refractivity contribution < 1.29 is 24.2 Å². The maximum atomic E-state index is 12.8. The zero-order chi connectivity index (χ0) is 23.5. The first kappa shape index (κ1) is 22.8. The normalized spacial score (nSPS) is 19.6. The molecule has 0 aromatic heterocycles.